The third-order valence-corrected chi connectivity index (χ3v) is 10.3. The first-order valence-corrected chi connectivity index (χ1v) is 12.0. The molecule has 0 bridgehead atoms. The molecule has 2 saturated carbocycles. The molecule has 2 aliphatic carbocycles. The van der Waals surface area contributed by atoms with E-state index in [1.165, 1.54) is 0 Å². The summed E-state index contributed by atoms with van der Waals surface area (Å²) in [5.74, 6) is 1.72. The number of ether oxygens (including phenoxy) is 1. The van der Waals surface area contributed by atoms with Crippen LogP contribution in [-0.2, 0) is 21.8 Å². The molecule has 28 heavy (non-hydrogen) atoms. The van der Waals surface area contributed by atoms with E-state index in [4.69, 9.17) is 9.73 Å². The zero-order chi connectivity index (χ0) is 20.2. The van der Waals surface area contributed by atoms with Gasteiger partial charge in [-0.2, -0.15) is 0 Å². The van der Waals surface area contributed by atoms with Gasteiger partial charge in [0.1, 0.15) is 6.61 Å². The molecule has 5 heteroatoms. The molecule has 10 radical (unpaired) electrons. The number of rotatable bonds is 4. The Morgan fingerprint density at radius 3 is 1.86 bits per heavy atom. The van der Waals surface area contributed by atoms with Gasteiger partial charge < -0.3 is 9.53 Å². The van der Waals surface area contributed by atoms with Crippen molar-refractivity contribution >= 4 is 14.2 Å². The molecule has 154 valence electrons. The Hall–Kier alpha value is 0.166. The van der Waals surface area contributed by atoms with Crippen molar-refractivity contribution in [2.75, 3.05) is 6.61 Å². The van der Waals surface area contributed by atoms with Crippen LogP contribution in [0.1, 0.15) is 48.5 Å². The summed E-state index contributed by atoms with van der Waals surface area (Å²) in [5.41, 5.74) is 1.69. The fourth-order valence-corrected chi connectivity index (χ4v) is 7.09. The van der Waals surface area contributed by atoms with Gasteiger partial charge in [0.2, 0.25) is 8.32 Å². The summed E-state index contributed by atoms with van der Waals surface area (Å²) in [6.07, 6.45) is 16.1. The summed E-state index contributed by atoms with van der Waals surface area (Å²) in [4.78, 5) is 16.2. The SMILES string of the molecule is CC(C)[Si](O)([C]1[CH][CH][CH][C]1C1=N[C@@H](C(C)(C)C)CO1)C(C)C.[CH]1[CH][CH][CH][CH]1.[Fe+2]. The molecule has 0 unspecified atom stereocenters. The Morgan fingerprint density at radius 2 is 1.46 bits per heavy atom. The van der Waals surface area contributed by atoms with E-state index < -0.39 is 8.32 Å². The van der Waals surface area contributed by atoms with Gasteiger partial charge in [0, 0.05) is 5.54 Å². The molecular formula is C23H35FeNO2Si+2. The Bertz CT molecular complexity index is 482. The van der Waals surface area contributed by atoms with Crippen LogP contribution in [0.4, 0.5) is 0 Å². The predicted molar refractivity (Wildman–Crippen MR) is 116 cm³/mol. The minimum atomic E-state index is -2.57. The molecule has 0 aromatic heterocycles. The van der Waals surface area contributed by atoms with E-state index >= 15 is 0 Å². The van der Waals surface area contributed by atoms with Gasteiger partial charge in [0.25, 0.3) is 0 Å². The van der Waals surface area contributed by atoms with E-state index in [0.29, 0.717) is 12.5 Å². The van der Waals surface area contributed by atoms with Gasteiger partial charge in [-0.1, -0.05) is 48.5 Å². The second-order valence-corrected chi connectivity index (χ2v) is 13.6. The summed E-state index contributed by atoms with van der Waals surface area (Å²) < 4.78 is 5.89. The van der Waals surface area contributed by atoms with Crippen LogP contribution in [0.25, 0.3) is 0 Å². The maximum Gasteiger partial charge on any atom is 2.00 e. The molecule has 0 amide bonds. The van der Waals surface area contributed by atoms with Crippen LogP contribution >= 0.6 is 0 Å². The van der Waals surface area contributed by atoms with Crippen molar-refractivity contribution in [3.63, 3.8) is 0 Å². The van der Waals surface area contributed by atoms with Gasteiger partial charge >= 0.3 is 17.1 Å². The number of hydrogen-bond donors (Lipinski definition) is 1. The van der Waals surface area contributed by atoms with Crippen molar-refractivity contribution in [3.05, 3.63) is 62.8 Å². The molecule has 0 spiro atoms. The number of nitrogens with zero attached hydrogens (tertiary/aromatic N) is 1. The van der Waals surface area contributed by atoms with Gasteiger partial charge in [-0.3, -0.25) is 0 Å². The van der Waals surface area contributed by atoms with Crippen molar-refractivity contribution in [2.45, 2.75) is 65.6 Å². The molecule has 3 aliphatic rings. The monoisotopic (exact) mass is 441 g/mol. The van der Waals surface area contributed by atoms with Crippen LogP contribution in [-0.4, -0.2) is 31.7 Å². The Labute approximate surface area is 186 Å². The van der Waals surface area contributed by atoms with Crippen LogP contribution in [0.2, 0.25) is 11.1 Å². The van der Waals surface area contributed by atoms with Gasteiger partial charge in [0.15, 0.2) is 5.90 Å². The molecule has 0 aromatic rings. The van der Waals surface area contributed by atoms with Gasteiger partial charge in [-0.25, -0.2) is 4.99 Å². The molecule has 3 rings (SSSR count). The zero-order valence-corrected chi connectivity index (χ0v) is 20.3. The summed E-state index contributed by atoms with van der Waals surface area (Å²) in [5, 5.41) is 0. The van der Waals surface area contributed by atoms with Crippen molar-refractivity contribution in [2.24, 2.45) is 10.4 Å². The Kier molecular flexibility index (Phi) is 10.3. The molecule has 2 fully saturated rings. The predicted octanol–water partition coefficient (Wildman–Crippen LogP) is 4.92. The fraction of sp³-hybridized carbons (Fsp3) is 0.522. The average molecular weight is 441 g/mol. The molecule has 1 atom stereocenters. The zero-order valence-electron chi connectivity index (χ0n) is 18.2. The van der Waals surface area contributed by atoms with Crippen LogP contribution in [0.5, 0.6) is 0 Å². The van der Waals surface area contributed by atoms with Crippen molar-refractivity contribution in [1.29, 1.82) is 0 Å². The fourth-order valence-electron chi connectivity index (χ4n) is 3.53. The first-order valence-electron chi connectivity index (χ1n) is 9.94. The second-order valence-electron chi connectivity index (χ2n) is 9.08. The van der Waals surface area contributed by atoms with Crippen molar-refractivity contribution in [1.82, 2.24) is 0 Å². The number of hydrogen-bond acceptors (Lipinski definition) is 3. The normalized spacial score (nSPS) is 24.1. The van der Waals surface area contributed by atoms with Crippen LogP contribution < -0.4 is 0 Å². The van der Waals surface area contributed by atoms with Crippen LogP contribution in [0.3, 0.4) is 0 Å². The summed E-state index contributed by atoms with van der Waals surface area (Å²) in [6.45, 7) is 15.7. The summed E-state index contributed by atoms with van der Waals surface area (Å²) in [7, 11) is -2.57. The molecular weight excluding hydrogens is 406 g/mol. The quantitative estimate of drug-likeness (QED) is 0.630. The third kappa shape index (κ3) is 6.09. The number of aliphatic imine (C=N–C) groups is 1. The first kappa shape index (κ1) is 26.2. The largest absolute Gasteiger partial charge is 2.00 e. The van der Waals surface area contributed by atoms with Gasteiger partial charge in [-0.15, -0.1) is 0 Å². The minimum absolute atomic E-state index is 0. The van der Waals surface area contributed by atoms with Crippen LogP contribution in [0.15, 0.2) is 4.99 Å². The van der Waals surface area contributed by atoms with E-state index in [2.05, 4.69) is 54.9 Å². The smallest absolute Gasteiger partial charge is 0.478 e. The molecule has 1 heterocycles. The average Bonchev–Trinajstić information content (AvgIpc) is 3.34. The van der Waals surface area contributed by atoms with E-state index in [-0.39, 0.29) is 39.6 Å². The Morgan fingerprint density at radius 1 is 0.964 bits per heavy atom. The van der Waals surface area contributed by atoms with E-state index in [1.807, 2.05) is 44.9 Å². The standard InChI is InChI=1S/C18H30NO2Si.C5H5.Fe/c1-12(2)22(20,13(3)4)15-10-8-9-14(15)17-19-16(11-21-17)18(5,6)7;1-2-4-5-3-1;/h8-10,12-13,16,20H,11H2,1-7H3;1-5H;/q;;+2/t16-;;/m1../s1. The molecule has 0 aromatic carbocycles. The van der Waals surface area contributed by atoms with Crippen LogP contribution in [0, 0.1) is 68.2 Å². The molecule has 3 nitrogen and oxygen atoms in total. The van der Waals surface area contributed by atoms with Crippen molar-refractivity contribution in [3.8, 4) is 0 Å². The maximum atomic E-state index is 11.4. The summed E-state index contributed by atoms with van der Waals surface area (Å²) >= 11 is 0. The van der Waals surface area contributed by atoms with Gasteiger partial charge in [0.05, 0.1) is 12.0 Å². The molecule has 0 saturated heterocycles. The van der Waals surface area contributed by atoms with E-state index in [1.54, 1.807) is 0 Å². The Balaban J connectivity index is 0.000000567. The summed E-state index contributed by atoms with van der Waals surface area (Å²) in [6, 6.07) is 0.179. The third-order valence-electron chi connectivity index (χ3n) is 5.44. The van der Waals surface area contributed by atoms with Gasteiger partial charge in [-0.05, 0) is 67.9 Å². The first-order chi connectivity index (χ1) is 12.6. The van der Waals surface area contributed by atoms with Crippen molar-refractivity contribution < 1.29 is 26.6 Å². The maximum absolute atomic E-state index is 11.4. The minimum Gasteiger partial charge on any atom is -0.478 e. The van der Waals surface area contributed by atoms with E-state index in [9.17, 15) is 4.80 Å². The topological polar surface area (TPSA) is 41.8 Å². The van der Waals surface area contributed by atoms with E-state index in [0.717, 1.165) is 11.5 Å². The second kappa shape index (κ2) is 11.0. The molecule has 1 aliphatic heterocycles. The molecule has 1 N–H and O–H groups in total.